The Kier molecular flexibility index (Phi) is 6.12. The Morgan fingerprint density at radius 2 is 2.00 bits per heavy atom. The van der Waals surface area contributed by atoms with Crippen molar-refractivity contribution in [1.82, 2.24) is 35.1 Å². The zero-order valence-corrected chi connectivity index (χ0v) is 21.5. The summed E-state index contributed by atoms with van der Waals surface area (Å²) >= 11 is 1.68. The molecule has 0 saturated carbocycles. The van der Waals surface area contributed by atoms with Gasteiger partial charge in [-0.25, -0.2) is 19.3 Å². The summed E-state index contributed by atoms with van der Waals surface area (Å²) < 4.78 is 16.0. The largest absolute Gasteiger partial charge is 0.335 e. The summed E-state index contributed by atoms with van der Waals surface area (Å²) in [4.78, 5) is 35.3. The van der Waals surface area contributed by atoms with Gasteiger partial charge < -0.3 is 10.3 Å². The van der Waals surface area contributed by atoms with Gasteiger partial charge in [0.25, 0.3) is 0 Å². The number of anilines is 1. The monoisotopic (exact) mass is 526 g/mol. The average molecular weight is 527 g/mol. The SMILES string of the molecule is CCCCC(=O)Nc1cncc(-c2cnc3n[nH]c(-c4nc5nccc(-c6ccc(C)s6)c5[nH]4)c3c2F)c1. The number of carbonyl (C=O) groups excluding carboxylic acids is 1. The predicted octanol–water partition coefficient (Wildman–Crippen LogP) is 6.26. The van der Waals surface area contributed by atoms with Crippen molar-refractivity contribution in [1.29, 1.82) is 0 Å². The highest BCUT2D eigenvalue weighted by atomic mass is 32.1. The maximum atomic E-state index is 16.0. The Balaban J connectivity index is 1.41. The van der Waals surface area contributed by atoms with Gasteiger partial charge in [-0.05, 0) is 37.6 Å². The average Bonchev–Trinajstić information content (AvgIpc) is 3.65. The molecule has 0 aliphatic carbocycles. The molecular formula is C27H23FN8OS. The van der Waals surface area contributed by atoms with E-state index >= 15 is 4.39 Å². The number of nitrogens with zero attached hydrogens (tertiary/aromatic N) is 5. The molecule has 6 aromatic heterocycles. The van der Waals surface area contributed by atoms with E-state index in [4.69, 9.17) is 0 Å². The Hall–Kier alpha value is -4.51. The van der Waals surface area contributed by atoms with Gasteiger partial charge in [0, 0.05) is 51.5 Å². The van der Waals surface area contributed by atoms with Crippen molar-refractivity contribution in [2.45, 2.75) is 33.1 Å². The van der Waals surface area contributed by atoms with Crippen LogP contribution in [0.2, 0.25) is 0 Å². The van der Waals surface area contributed by atoms with Gasteiger partial charge in [0.2, 0.25) is 5.91 Å². The standard InChI is InChI=1S/C27H23FN8OS/c1-3-4-5-20(37)32-16-10-15(11-29-12-16)18-13-31-25-21(22(18)28)24(35-36-25)27-33-23-17(8-9-30-26(23)34-27)19-7-6-14(2)38-19/h6-13H,3-5H2,1-2H3,(H,32,37)(H,30,33,34)(H,31,35,36). The number of fused-ring (bicyclic) bond motifs is 2. The number of thiophene rings is 1. The van der Waals surface area contributed by atoms with Crippen LogP contribution in [-0.2, 0) is 4.79 Å². The lowest BCUT2D eigenvalue weighted by Crippen LogP contribution is -2.11. The van der Waals surface area contributed by atoms with Gasteiger partial charge >= 0.3 is 0 Å². The molecule has 38 heavy (non-hydrogen) atoms. The minimum atomic E-state index is -0.516. The van der Waals surface area contributed by atoms with E-state index in [1.165, 1.54) is 23.5 Å². The first kappa shape index (κ1) is 23.9. The van der Waals surface area contributed by atoms with Crippen molar-refractivity contribution in [2.75, 3.05) is 5.32 Å². The zero-order valence-electron chi connectivity index (χ0n) is 20.7. The summed E-state index contributed by atoms with van der Waals surface area (Å²) in [5, 5.41) is 10.1. The first-order valence-corrected chi connectivity index (χ1v) is 13.0. The Bertz CT molecular complexity index is 1800. The van der Waals surface area contributed by atoms with E-state index < -0.39 is 5.82 Å². The van der Waals surface area contributed by atoms with Crippen LogP contribution in [0.3, 0.4) is 0 Å². The Morgan fingerprint density at radius 1 is 1.11 bits per heavy atom. The number of aromatic nitrogens is 7. The normalized spacial score (nSPS) is 11.4. The molecule has 11 heteroatoms. The maximum Gasteiger partial charge on any atom is 0.224 e. The summed E-state index contributed by atoms with van der Waals surface area (Å²) in [5.41, 5.74) is 4.06. The van der Waals surface area contributed by atoms with Gasteiger partial charge in [-0.15, -0.1) is 11.3 Å². The van der Waals surface area contributed by atoms with Crippen molar-refractivity contribution in [3.8, 4) is 33.1 Å². The van der Waals surface area contributed by atoms with Crippen molar-refractivity contribution >= 4 is 45.1 Å². The fourth-order valence-corrected chi connectivity index (χ4v) is 5.25. The number of aryl methyl sites for hydroxylation is 1. The molecule has 0 atom stereocenters. The fourth-order valence-electron chi connectivity index (χ4n) is 4.35. The lowest BCUT2D eigenvalue weighted by molar-refractivity contribution is -0.116. The third-order valence-electron chi connectivity index (χ3n) is 6.24. The molecule has 3 N–H and O–H groups in total. The highest BCUT2D eigenvalue weighted by Crippen LogP contribution is 2.36. The molecule has 190 valence electrons. The summed E-state index contributed by atoms with van der Waals surface area (Å²) in [5.74, 6) is -0.214. The van der Waals surface area contributed by atoms with E-state index in [-0.39, 0.29) is 22.5 Å². The maximum absolute atomic E-state index is 16.0. The molecule has 0 aliphatic rings. The number of halogens is 1. The Morgan fingerprint density at radius 3 is 2.82 bits per heavy atom. The first-order valence-electron chi connectivity index (χ1n) is 12.2. The molecule has 6 heterocycles. The molecule has 0 aromatic carbocycles. The van der Waals surface area contributed by atoms with E-state index in [2.05, 4.69) is 59.5 Å². The number of hydrogen-bond acceptors (Lipinski definition) is 7. The number of unbranched alkanes of at least 4 members (excludes halogenated alkanes) is 1. The molecule has 0 bridgehead atoms. The molecule has 0 saturated heterocycles. The molecule has 0 aliphatic heterocycles. The van der Waals surface area contributed by atoms with Crippen LogP contribution in [0.1, 0.15) is 31.1 Å². The van der Waals surface area contributed by atoms with Crippen LogP contribution >= 0.6 is 11.3 Å². The lowest BCUT2D eigenvalue weighted by Gasteiger charge is -2.08. The van der Waals surface area contributed by atoms with Crippen molar-refractivity contribution < 1.29 is 9.18 Å². The van der Waals surface area contributed by atoms with Gasteiger partial charge in [0.05, 0.1) is 22.8 Å². The first-order chi connectivity index (χ1) is 18.5. The number of rotatable bonds is 7. The molecule has 0 fully saturated rings. The minimum Gasteiger partial charge on any atom is -0.335 e. The number of hydrogen-bond donors (Lipinski definition) is 3. The van der Waals surface area contributed by atoms with E-state index in [1.54, 1.807) is 23.6 Å². The van der Waals surface area contributed by atoms with Crippen LogP contribution in [0.15, 0.2) is 49.1 Å². The Labute approximate surface area is 220 Å². The summed E-state index contributed by atoms with van der Waals surface area (Å²) in [7, 11) is 0. The second kappa shape index (κ2) is 9.75. The van der Waals surface area contributed by atoms with Crippen LogP contribution in [0.4, 0.5) is 10.1 Å². The number of imidazole rings is 1. The smallest absolute Gasteiger partial charge is 0.224 e. The quantitative estimate of drug-likeness (QED) is 0.225. The molecule has 1 amide bonds. The van der Waals surface area contributed by atoms with E-state index in [1.807, 2.05) is 13.0 Å². The molecular weight excluding hydrogens is 503 g/mol. The highest BCUT2D eigenvalue weighted by molar-refractivity contribution is 7.15. The minimum absolute atomic E-state index is 0.104. The summed E-state index contributed by atoms with van der Waals surface area (Å²) in [6, 6.07) is 7.74. The molecule has 0 spiro atoms. The number of H-pyrrole nitrogens is 2. The van der Waals surface area contributed by atoms with Gasteiger partial charge in [0.1, 0.15) is 11.5 Å². The topological polar surface area (TPSA) is 125 Å². The van der Waals surface area contributed by atoms with Crippen LogP contribution in [0, 0.1) is 12.7 Å². The number of amides is 1. The zero-order chi connectivity index (χ0) is 26.2. The van der Waals surface area contributed by atoms with E-state index in [0.717, 1.165) is 28.8 Å². The van der Waals surface area contributed by atoms with Crippen LogP contribution in [0.5, 0.6) is 0 Å². The van der Waals surface area contributed by atoms with Crippen LogP contribution in [0.25, 0.3) is 55.3 Å². The number of carbonyl (C=O) groups is 1. The molecule has 9 nitrogen and oxygen atoms in total. The number of pyridine rings is 3. The highest BCUT2D eigenvalue weighted by Gasteiger charge is 2.21. The van der Waals surface area contributed by atoms with E-state index in [9.17, 15) is 4.79 Å². The second-order valence-electron chi connectivity index (χ2n) is 8.95. The van der Waals surface area contributed by atoms with Crippen LogP contribution in [-0.4, -0.2) is 41.0 Å². The third-order valence-corrected chi connectivity index (χ3v) is 7.28. The van der Waals surface area contributed by atoms with E-state index in [0.29, 0.717) is 34.8 Å². The van der Waals surface area contributed by atoms with Crippen molar-refractivity contribution in [3.63, 3.8) is 0 Å². The van der Waals surface area contributed by atoms with Crippen molar-refractivity contribution in [2.24, 2.45) is 0 Å². The predicted molar refractivity (Wildman–Crippen MR) is 146 cm³/mol. The van der Waals surface area contributed by atoms with Crippen molar-refractivity contribution in [3.05, 3.63) is 59.7 Å². The molecule has 0 radical (unpaired) electrons. The molecule has 0 unspecified atom stereocenters. The fraction of sp³-hybridized carbons (Fsp3) is 0.185. The van der Waals surface area contributed by atoms with Gasteiger partial charge in [0.15, 0.2) is 17.1 Å². The van der Waals surface area contributed by atoms with Gasteiger partial charge in [-0.2, -0.15) is 5.10 Å². The van der Waals surface area contributed by atoms with Gasteiger partial charge in [-0.1, -0.05) is 13.3 Å². The second-order valence-corrected chi connectivity index (χ2v) is 10.2. The third kappa shape index (κ3) is 4.30. The summed E-state index contributed by atoms with van der Waals surface area (Å²) in [6.07, 6.45) is 8.34. The lowest BCUT2D eigenvalue weighted by atomic mass is 10.1. The van der Waals surface area contributed by atoms with Gasteiger partial charge in [-0.3, -0.25) is 14.9 Å². The summed E-state index contributed by atoms with van der Waals surface area (Å²) in [6.45, 7) is 4.08. The number of aromatic amines is 2. The molecule has 6 aromatic rings. The number of nitrogens with one attached hydrogen (secondary N) is 3. The molecule has 6 rings (SSSR count). The van der Waals surface area contributed by atoms with Crippen LogP contribution < -0.4 is 5.32 Å².